The Kier molecular flexibility index (Phi) is 3.96. The summed E-state index contributed by atoms with van der Waals surface area (Å²) in [5.74, 6) is 0.969. The highest BCUT2D eigenvalue weighted by molar-refractivity contribution is 6.01. The van der Waals surface area contributed by atoms with Crippen molar-refractivity contribution in [3.8, 4) is 11.5 Å². The molecule has 0 bridgehead atoms. The van der Waals surface area contributed by atoms with Crippen LogP contribution >= 0.6 is 0 Å². The average Bonchev–Trinajstić information content (AvgIpc) is 2.96. The maximum absolute atomic E-state index is 12.7. The van der Waals surface area contributed by atoms with E-state index in [9.17, 15) is 9.90 Å². The van der Waals surface area contributed by atoms with Gasteiger partial charge in [0, 0.05) is 12.0 Å². The predicted molar refractivity (Wildman–Crippen MR) is 95.5 cm³/mol. The molecule has 1 aliphatic heterocycles. The van der Waals surface area contributed by atoms with Gasteiger partial charge in [0.05, 0.1) is 0 Å². The Morgan fingerprint density at radius 1 is 1.12 bits per heavy atom. The third-order valence-corrected chi connectivity index (χ3v) is 4.93. The molecule has 3 heteroatoms. The van der Waals surface area contributed by atoms with E-state index in [1.54, 1.807) is 6.08 Å². The molecule has 0 saturated heterocycles. The zero-order chi connectivity index (χ0) is 17.5. The number of ketones is 1. The van der Waals surface area contributed by atoms with E-state index in [2.05, 4.69) is 0 Å². The first kappa shape index (κ1) is 16.3. The average molecular weight is 322 g/mol. The largest absolute Gasteiger partial charge is 0.507 e. The van der Waals surface area contributed by atoms with Crippen LogP contribution in [0, 0.1) is 20.8 Å². The smallest absolute Gasteiger partial charge is 0.199 e. The van der Waals surface area contributed by atoms with Crippen LogP contribution in [0.5, 0.6) is 11.5 Å². The molecule has 0 fully saturated rings. The van der Waals surface area contributed by atoms with Crippen LogP contribution in [0.25, 0.3) is 6.08 Å². The lowest BCUT2D eigenvalue weighted by atomic mass is 9.90. The molecule has 1 heterocycles. The van der Waals surface area contributed by atoms with Gasteiger partial charge < -0.3 is 9.84 Å². The summed E-state index contributed by atoms with van der Waals surface area (Å²) in [6, 6.07) is 9.72. The maximum atomic E-state index is 12.7. The summed E-state index contributed by atoms with van der Waals surface area (Å²) in [6.07, 6.45) is 3.86. The van der Waals surface area contributed by atoms with Crippen molar-refractivity contribution >= 4 is 11.9 Å². The molecule has 124 valence electrons. The van der Waals surface area contributed by atoms with Gasteiger partial charge in [-0.05, 0) is 56.0 Å². The molecule has 2 aromatic carbocycles. The van der Waals surface area contributed by atoms with E-state index in [1.165, 1.54) is 0 Å². The number of hydrogen-bond donors (Lipinski definition) is 1. The van der Waals surface area contributed by atoms with E-state index in [0.717, 1.165) is 33.6 Å². The zero-order valence-corrected chi connectivity index (χ0v) is 14.5. The fourth-order valence-electron chi connectivity index (χ4n) is 3.17. The molecule has 0 saturated carbocycles. The Morgan fingerprint density at radius 3 is 2.46 bits per heavy atom. The molecule has 0 aliphatic carbocycles. The SMILES string of the molecule is Cc1c(C)c2c(c(C)c1O)CC(C)(C(=O)/C=C/c1ccccc1)O2. The topological polar surface area (TPSA) is 46.5 Å². The minimum absolute atomic E-state index is 0.0708. The van der Waals surface area contributed by atoms with Crippen LogP contribution in [0.3, 0.4) is 0 Å². The number of rotatable bonds is 3. The molecule has 0 radical (unpaired) electrons. The van der Waals surface area contributed by atoms with Gasteiger partial charge in [-0.1, -0.05) is 36.4 Å². The van der Waals surface area contributed by atoms with Crippen LogP contribution in [-0.2, 0) is 11.2 Å². The molecule has 1 unspecified atom stereocenters. The Balaban J connectivity index is 1.91. The lowest BCUT2D eigenvalue weighted by molar-refractivity contribution is -0.126. The lowest BCUT2D eigenvalue weighted by Gasteiger charge is -2.21. The maximum Gasteiger partial charge on any atom is 0.199 e. The molecule has 3 nitrogen and oxygen atoms in total. The van der Waals surface area contributed by atoms with Gasteiger partial charge in [-0.3, -0.25) is 4.79 Å². The van der Waals surface area contributed by atoms with Crippen molar-refractivity contribution in [2.45, 2.75) is 39.7 Å². The fraction of sp³-hybridized carbons (Fsp3) is 0.286. The van der Waals surface area contributed by atoms with Crippen LogP contribution in [0.15, 0.2) is 36.4 Å². The first-order chi connectivity index (χ1) is 11.3. The van der Waals surface area contributed by atoms with E-state index < -0.39 is 5.60 Å². The molecular formula is C21H22O3. The van der Waals surface area contributed by atoms with Crippen LogP contribution in [0.4, 0.5) is 0 Å². The molecule has 24 heavy (non-hydrogen) atoms. The highest BCUT2D eigenvalue weighted by atomic mass is 16.5. The third kappa shape index (κ3) is 2.60. The van der Waals surface area contributed by atoms with Crippen molar-refractivity contribution in [3.63, 3.8) is 0 Å². The number of carbonyl (C=O) groups is 1. The van der Waals surface area contributed by atoms with Gasteiger partial charge >= 0.3 is 0 Å². The van der Waals surface area contributed by atoms with Crippen LogP contribution < -0.4 is 4.74 Å². The summed E-state index contributed by atoms with van der Waals surface area (Å²) in [7, 11) is 0. The third-order valence-electron chi connectivity index (χ3n) is 4.93. The molecular weight excluding hydrogens is 300 g/mol. The number of aromatic hydroxyl groups is 1. The van der Waals surface area contributed by atoms with Gasteiger partial charge in [0.15, 0.2) is 11.4 Å². The zero-order valence-electron chi connectivity index (χ0n) is 14.5. The van der Waals surface area contributed by atoms with E-state index in [0.29, 0.717) is 12.2 Å². The van der Waals surface area contributed by atoms with Crippen molar-refractivity contribution in [1.82, 2.24) is 0 Å². The van der Waals surface area contributed by atoms with Crippen LogP contribution in [-0.4, -0.2) is 16.5 Å². The number of hydrogen-bond acceptors (Lipinski definition) is 3. The van der Waals surface area contributed by atoms with E-state index in [1.807, 2.05) is 64.1 Å². The highest BCUT2D eigenvalue weighted by Crippen LogP contribution is 2.45. The molecule has 1 N–H and O–H groups in total. The molecule has 0 spiro atoms. The van der Waals surface area contributed by atoms with E-state index in [-0.39, 0.29) is 5.78 Å². The number of fused-ring (bicyclic) bond motifs is 1. The summed E-state index contributed by atoms with van der Waals surface area (Å²) >= 11 is 0. The quantitative estimate of drug-likeness (QED) is 0.857. The Bertz CT molecular complexity index is 795. The second-order valence-corrected chi connectivity index (χ2v) is 6.65. The standard InChI is InChI=1S/C21H22O3/c1-13-14(2)20-17(15(3)19(13)23)12-21(4,24-20)18(22)11-10-16-8-6-5-7-9-16/h5-11,23H,12H2,1-4H3/b11-10+. The molecule has 2 aromatic rings. The predicted octanol–water partition coefficient (Wildman–Crippen LogP) is 4.29. The summed E-state index contributed by atoms with van der Waals surface area (Å²) in [6.45, 7) is 7.48. The molecule has 3 rings (SSSR count). The van der Waals surface area contributed by atoms with Crippen molar-refractivity contribution < 1.29 is 14.6 Å². The number of phenolic OH excluding ortho intramolecular Hbond substituents is 1. The molecule has 1 aliphatic rings. The molecule has 0 amide bonds. The van der Waals surface area contributed by atoms with Gasteiger partial charge in [-0.25, -0.2) is 0 Å². The minimum atomic E-state index is -0.927. The van der Waals surface area contributed by atoms with Gasteiger partial charge in [0.25, 0.3) is 0 Å². The first-order valence-corrected chi connectivity index (χ1v) is 8.11. The van der Waals surface area contributed by atoms with Crippen molar-refractivity contribution in [1.29, 1.82) is 0 Å². The number of benzene rings is 2. The molecule has 0 aromatic heterocycles. The van der Waals surface area contributed by atoms with Crippen molar-refractivity contribution in [2.24, 2.45) is 0 Å². The van der Waals surface area contributed by atoms with E-state index >= 15 is 0 Å². The second kappa shape index (κ2) is 5.82. The van der Waals surface area contributed by atoms with Gasteiger partial charge in [-0.15, -0.1) is 0 Å². The Labute approximate surface area is 142 Å². The molecule has 1 atom stereocenters. The fourth-order valence-corrected chi connectivity index (χ4v) is 3.17. The Morgan fingerprint density at radius 2 is 1.79 bits per heavy atom. The van der Waals surface area contributed by atoms with Gasteiger partial charge in [0.2, 0.25) is 0 Å². The van der Waals surface area contributed by atoms with Gasteiger partial charge in [0.1, 0.15) is 11.5 Å². The Hall–Kier alpha value is -2.55. The summed E-state index contributed by atoms with van der Waals surface area (Å²) in [5.41, 5.74) is 3.49. The first-order valence-electron chi connectivity index (χ1n) is 8.11. The van der Waals surface area contributed by atoms with E-state index in [4.69, 9.17) is 4.74 Å². The number of ether oxygens (including phenoxy) is 1. The van der Waals surface area contributed by atoms with Crippen molar-refractivity contribution in [3.05, 3.63) is 64.2 Å². The highest BCUT2D eigenvalue weighted by Gasteiger charge is 2.42. The summed E-state index contributed by atoms with van der Waals surface area (Å²) in [4.78, 5) is 12.7. The monoisotopic (exact) mass is 322 g/mol. The second-order valence-electron chi connectivity index (χ2n) is 6.65. The summed E-state index contributed by atoms with van der Waals surface area (Å²) < 4.78 is 6.08. The van der Waals surface area contributed by atoms with Crippen LogP contribution in [0.2, 0.25) is 0 Å². The number of carbonyl (C=O) groups excluding carboxylic acids is 1. The van der Waals surface area contributed by atoms with Gasteiger partial charge in [-0.2, -0.15) is 0 Å². The van der Waals surface area contributed by atoms with Crippen molar-refractivity contribution in [2.75, 3.05) is 0 Å². The summed E-state index contributed by atoms with van der Waals surface area (Å²) in [5, 5.41) is 10.3. The normalized spacial score (nSPS) is 19.3. The van der Waals surface area contributed by atoms with Crippen LogP contribution in [0.1, 0.15) is 34.7 Å². The number of phenols is 1. The lowest BCUT2D eigenvalue weighted by Crippen LogP contribution is -2.39. The minimum Gasteiger partial charge on any atom is -0.507 e.